The van der Waals surface area contributed by atoms with Crippen LogP contribution in [0.25, 0.3) is 0 Å². The van der Waals surface area contributed by atoms with Gasteiger partial charge in [0, 0.05) is 16.3 Å². The molecule has 1 aliphatic carbocycles. The Morgan fingerprint density at radius 2 is 1.74 bits per heavy atom. The van der Waals surface area contributed by atoms with Crippen LogP contribution in [0.15, 0.2) is 59.6 Å². The maximum absolute atomic E-state index is 13.1. The molecule has 0 aromatic heterocycles. The number of hydrogen-bond acceptors (Lipinski definition) is 3. The van der Waals surface area contributed by atoms with Gasteiger partial charge in [-0.15, -0.1) is 0 Å². The molecule has 0 bridgehead atoms. The lowest BCUT2D eigenvalue weighted by Gasteiger charge is -2.32. The third kappa shape index (κ3) is 3.47. The number of rotatable bonds is 4. The normalized spacial score (nSPS) is 18.0. The molecule has 1 spiro atoms. The Morgan fingerprint density at radius 1 is 1.07 bits per heavy atom. The lowest BCUT2D eigenvalue weighted by molar-refractivity contribution is -0.132. The van der Waals surface area contributed by atoms with Crippen molar-refractivity contribution in [2.75, 3.05) is 11.9 Å². The van der Waals surface area contributed by atoms with Gasteiger partial charge in [-0.2, -0.15) is 0 Å². The summed E-state index contributed by atoms with van der Waals surface area (Å²) in [5.74, 6) is -0.407. The quantitative estimate of drug-likeness (QED) is 0.873. The summed E-state index contributed by atoms with van der Waals surface area (Å²) < 4.78 is 0. The lowest BCUT2D eigenvalue weighted by Crippen LogP contribution is -2.48. The van der Waals surface area contributed by atoms with Crippen molar-refractivity contribution in [3.05, 3.63) is 65.2 Å². The van der Waals surface area contributed by atoms with E-state index in [-0.39, 0.29) is 18.4 Å². The van der Waals surface area contributed by atoms with E-state index in [2.05, 4.69) is 5.32 Å². The molecule has 2 aromatic rings. The lowest BCUT2D eigenvalue weighted by atomic mass is 10.1. The number of amides is 2. The summed E-state index contributed by atoms with van der Waals surface area (Å²) in [5, 5.41) is 3.44. The summed E-state index contributed by atoms with van der Waals surface area (Å²) in [7, 11) is 0. The molecule has 2 amide bonds. The van der Waals surface area contributed by atoms with Gasteiger partial charge < -0.3 is 10.2 Å². The zero-order chi connectivity index (χ0) is 18.9. The third-order valence-electron chi connectivity index (χ3n) is 5.15. The van der Waals surface area contributed by atoms with Crippen LogP contribution in [0, 0.1) is 0 Å². The number of nitrogens with one attached hydrogen (secondary N) is 1. The second-order valence-electron chi connectivity index (χ2n) is 6.96. The van der Waals surface area contributed by atoms with E-state index < -0.39 is 5.66 Å². The van der Waals surface area contributed by atoms with Gasteiger partial charge in [-0.25, -0.2) is 0 Å². The SMILES string of the molecule is O=C(CN1C(=O)C(c2ccccc2)=NC12CCCC2)Nc1ccc(Cl)cc1. The summed E-state index contributed by atoms with van der Waals surface area (Å²) >= 11 is 5.88. The smallest absolute Gasteiger partial charge is 0.275 e. The van der Waals surface area contributed by atoms with Gasteiger partial charge >= 0.3 is 0 Å². The van der Waals surface area contributed by atoms with E-state index in [0.29, 0.717) is 16.4 Å². The summed E-state index contributed by atoms with van der Waals surface area (Å²) in [6.45, 7) is -0.0126. The fourth-order valence-corrected chi connectivity index (χ4v) is 3.96. The molecule has 27 heavy (non-hydrogen) atoms. The summed E-state index contributed by atoms with van der Waals surface area (Å²) in [6.07, 6.45) is 3.61. The Hall–Kier alpha value is -2.66. The fraction of sp³-hybridized carbons (Fsp3) is 0.286. The molecule has 2 aliphatic rings. The molecule has 0 unspecified atom stereocenters. The Kier molecular flexibility index (Phi) is 4.70. The van der Waals surface area contributed by atoms with E-state index >= 15 is 0 Å². The Labute approximate surface area is 163 Å². The summed E-state index contributed by atoms with van der Waals surface area (Å²) in [4.78, 5) is 32.2. The molecular weight excluding hydrogens is 362 g/mol. The van der Waals surface area contributed by atoms with Gasteiger partial charge in [-0.1, -0.05) is 41.9 Å². The van der Waals surface area contributed by atoms with E-state index in [9.17, 15) is 9.59 Å². The number of benzene rings is 2. The molecule has 1 heterocycles. The van der Waals surface area contributed by atoms with Crippen molar-refractivity contribution in [3.63, 3.8) is 0 Å². The average molecular weight is 382 g/mol. The Bertz CT molecular complexity index is 887. The van der Waals surface area contributed by atoms with Crippen molar-refractivity contribution in [2.45, 2.75) is 31.3 Å². The van der Waals surface area contributed by atoms with Crippen LogP contribution in [-0.4, -0.2) is 34.6 Å². The summed E-state index contributed by atoms with van der Waals surface area (Å²) in [5.41, 5.74) is 1.33. The molecule has 138 valence electrons. The maximum Gasteiger partial charge on any atom is 0.275 e. The van der Waals surface area contributed by atoms with E-state index in [1.807, 2.05) is 30.3 Å². The molecule has 0 saturated heterocycles. The molecule has 1 aliphatic heterocycles. The molecule has 1 N–H and O–H groups in total. The number of carbonyl (C=O) groups is 2. The van der Waals surface area contributed by atoms with Crippen LogP contribution < -0.4 is 5.32 Å². The number of nitrogens with zero attached hydrogens (tertiary/aromatic N) is 2. The highest BCUT2D eigenvalue weighted by Crippen LogP contribution is 2.40. The van der Waals surface area contributed by atoms with Gasteiger partial charge in [-0.3, -0.25) is 14.6 Å². The minimum Gasteiger partial charge on any atom is -0.325 e. The Balaban J connectivity index is 1.55. The van der Waals surface area contributed by atoms with Crippen molar-refractivity contribution in [3.8, 4) is 0 Å². The number of anilines is 1. The first-order valence-electron chi connectivity index (χ1n) is 9.10. The Morgan fingerprint density at radius 3 is 2.41 bits per heavy atom. The number of halogens is 1. The minimum absolute atomic E-state index is 0.0126. The van der Waals surface area contributed by atoms with Crippen LogP contribution in [0.5, 0.6) is 0 Å². The maximum atomic E-state index is 13.1. The number of hydrogen-bond donors (Lipinski definition) is 1. The van der Waals surface area contributed by atoms with Crippen LogP contribution in [0.2, 0.25) is 5.02 Å². The van der Waals surface area contributed by atoms with E-state index in [1.165, 1.54) is 0 Å². The van der Waals surface area contributed by atoms with Gasteiger partial charge in [-0.05, 0) is 49.9 Å². The van der Waals surface area contributed by atoms with Crippen molar-refractivity contribution >= 4 is 34.8 Å². The highest BCUT2D eigenvalue weighted by molar-refractivity contribution is 6.47. The van der Waals surface area contributed by atoms with Crippen LogP contribution in [0.1, 0.15) is 31.2 Å². The third-order valence-corrected chi connectivity index (χ3v) is 5.40. The van der Waals surface area contributed by atoms with Gasteiger partial charge in [0.2, 0.25) is 5.91 Å². The predicted molar refractivity (Wildman–Crippen MR) is 106 cm³/mol. The number of carbonyl (C=O) groups excluding carboxylic acids is 2. The first kappa shape index (κ1) is 17.7. The van der Waals surface area contributed by atoms with Gasteiger partial charge in [0.05, 0.1) is 0 Å². The number of aliphatic imine (C=N–C) groups is 1. The highest BCUT2D eigenvalue weighted by Gasteiger charge is 2.49. The van der Waals surface area contributed by atoms with Gasteiger partial charge in [0.1, 0.15) is 17.9 Å². The zero-order valence-electron chi connectivity index (χ0n) is 14.8. The minimum atomic E-state index is -0.584. The van der Waals surface area contributed by atoms with E-state index in [1.54, 1.807) is 29.2 Å². The van der Waals surface area contributed by atoms with Crippen LogP contribution >= 0.6 is 11.6 Å². The molecule has 0 atom stereocenters. The fourth-order valence-electron chi connectivity index (χ4n) is 3.84. The van der Waals surface area contributed by atoms with Crippen LogP contribution in [0.4, 0.5) is 5.69 Å². The van der Waals surface area contributed by atoms with E-state index in [4.69, 9.17) is 16.6 Å². The average Bonchev–Trinajstić information content (AvgIpc) is 3.25. The van der Waals surface area contributed by atoms with Crippen LogP contribution in [-0.2, 0) is 9.59 Å². The van der Waals surface area contributed by atoms with Gasteiger partial charge in [0.25, 0.3) is 5.91 Å². The predicted octanol–water partition coefficient (Wildman–Crippen LogP) is 3.88. The highest BCUT2D eigenvalue weighted by atomic mass is 35.5. The summed E-state index contributed by atoms with van der Waals surface area (Å²) in [6, 6.07) is 16.4. The van der Waals surface area contributed by atoms with Crippen LogP contribution in [0.3, 0.4) is 0 Å². The molecule has 0 radical (unpaired) electrons. The molecule has 1 saturated carbocycles. The molecule has 1 fully saturated rings. The zero-order valence-corrected chi connectivity index (χ0v) is 15.6. The molecule has 4 rings (SSSR count). The molecule has 5 nitrogen and oxygen atoms in total. The van der Waals surface area contributed by atoms with Crippen molar-refractivity contribution < 1.29 is 9.59 Å². The van der Waals surface area contributed by atoms with Crippen molar-refractivity contribution in [1.82, 2.24) is 4.90 Å². The first-order chi connectivity index (χ1) is 13.1. The second-order valence-corrected chi connectivity index (χ2v) is 7.40. The molecule has 6 heteroatoms. The monoisotopic (exact) mass is 381 g/mol. The second kappa shape index (κ2) is 7.16. The molecular formula is C21H20ClN3O2. The first-order valence-corrected chi connectivity index (χ1v) is 9.48. The van der Waals surface area contributed by atoms with Crippen molar-refractivity contribution in [2.24, 2.45) is 4.99 Å². The van der Waals surface area contributed by atoms with Crippen molar-refractivity contribution in [1.29, 1.82) is 0 Å². The largest absolute Gasteiger partial charge is 0.325 e. The molecule has 2 aromatic carbocycles. The standard InChI is InChI=1S/C21H20ClN3O2/c22-16-8-10-17(11-9-16)23-18(26)14-25-20(27)19(15-6-2-1-3-7-15)24-21(25)12-4-5-13-21/h1-3,6-11H,4-5,12-14H2,(H,23,26). The topological polar surface area (TPSA) is 61.8 Å². The van der Waals surface area contributed by atoms with Gasteiger partial charge in [0.15, 0.2) is 0 Å². The van der Waals surface area contributed by atoms with E-state index in [0.717, 1.165) is 31.2 Å².